The Bertz CT molecular complexity index is 2210. The number of fused-ring (bicyclic) bond motifs is 2. The molecular formula is C43H49Cl2N7O5S2. The number of hydrogen-bond acceptors (Lipinski definition) is 12. The number of carbonyl (C=O) groups is 3. The highest BCUT2D eigenvalue weighted by Crippen LogP contribution is 2.26. The highest BCUT2D eigenvalue weighted by Gasteiger charge is 2.25. The topological polar surface area (TPSA) is 181 Å². The minimum Gasteiger partial charge on any atom is -0.480 e. The fourth-order valence-corrected chi connectivity index (χ4v) is 9.71. The van der Waals surface area contributed by atoms with Crippen molar-refractivity contribution in [1.82, 2.24) is 20.3 Å². The zero-order chi connectivity index (χ0) is 41.7. The van der Waals surface area contributed by atoms with E-state index in [2.05, 4.69) is 62.1 Å². The second-order valence-electron chi connectivity index (χ2n) is 14.5. The number of hydrogen-bond donors (Lipinski definition) is 5. The Morgan fingerprint density at radius 2 is 1.29 bits per heavy atom. The second kappa shape index (κ2) is 21.6. The predicted molar refractivity (Wildman–Crippen MR) is 235 cm³/mol. The monoisotopic (exact) mass is 877 g/mol. The van der Waals surface area contributed by atoms with Crippen LogP contribution in [0.15, 0.2) is 60.9 Å². The van der Waals surface area contributed by atoms with E-state index in [-0.39, 0.29) is 28.0 Å². The van der Waals surface area contributed by atoms with Crippen molar-refractivity contribution in [3.05, 3.63) is 119 Å². The molecule has 0 bridgehead atoms. The first-order chi connectivity index (χ1) is 28.6. The molecule has 312 valence electrons. The van der Waals surface area contributed by atoms with Gasteiger partial charge in [-0.15, -0.1) is 22.7 Å². The molecule has 0 aromatic carbocycles. The van der Waals surface area contributed by atoms with Crippen molar-refractivity contribution in [3.63, 3.8) is 0 Å². The third kappa shape index (κ3) is 12.7. The van der Waals surface area contributed by atoms with Crippen LogP contribution in [0.4, 0.5) is 11.6 Å². The Kier molecular flexibility index (Phi) is 16.1. The number of nitrogens with zero attached hydrogens (tertiary/aromatic N) is 3. The lowest BCUT2D eigenvalue weighted by Crippen LogP contribution is -2.42. The van der Waals surface area contributed by atoms with Crippen molar-refractivity contribution in [3.8, 4) is 0 Å². The van der Waals surface area contributed by atoms with Crippen LogP contribution < -0.4 is 21.7 Å². The number of amides is 1. The van der Waals surface area contributed by atoms with Crippen molar-refractivity contribution in [2.45, 2.75) is 89.1 Å². The highest BCUT2D eigenvalue weighted by molar-refractivity contribution is 7.12. The summed E-state index contributed by atoms with van der Waals surface area (Å²) in [6.07, 6.45) is 13.6. The molecule has 16 heteroatoms. The summed E-state index contributed by atoms with van der Waals surface area (Å²) in [6.45, 7) is 2.00. The van der Waals surface area contributed by atoms with E-state index in [9.17, 15) is 19.5 Å². The summed E-state index contributed by atoms with van der Waals surface area (Å²) in [7, 11) is 1.37. The number of esters is 1. The summed E-state index contributed by atoms with van der Waals surface area (Å²) >= 11 is 15.3. The summed E-state index contributed by atoms with van der Waals surface area (Å²) < 4.78 is 4.67. The van der Waals surface area contributed by atoms with Gasteiger partial charge in [-0.25, -0.2) is 14.8 Å². The van der Waals surface area contributed by atoms with Crippen LogP contribution in [0.25, 0.3) is 0 Å². The van der Waals surface area contributed by atoms with E-state index in [1.165, 1.54) is 46.8 Å². The van der Waals surface area contributed by atoms with Crippen molar-refractivity contribution in [2.24, 2.45) is 5.73 Å². The SMILES string of the molecule is COC(=O)[C@@H](N)Cc1ccc(CCCc2ccc3c(n2)NCCC3)s1.O=C(N[C@@H](Cc1ccc(CCCc2ccc3c(n2)NCCC3)s1)C(=O)O)c1c(Cl)cncc1Cl. The van der Waals surface area contributed by atoms with Crippen molar-refractivity contribution in [2.75, 3.05) is 30.8 Å². The standard InChI is InChI=1S/C24H24Cl2N4O3S.C19H25N3O2S/c25-18-12-27-13-19(26)21(18)23(31)30-20(24(32)33)11-17-9-8-16(34-17)5-1-4-15-7-6-14-3-2-10-28-22(14)29-15;1-24-19(23)17(20)12-16-10-9-15(25-16)6-2-5-14-8-7-13-4-3-11-21-18(13)22-14/h6-9,12-13,20H,1-5,10-11H2,(H,28,29)(H,30,31)(H,32,33);7-10,17H,2-6,11-12,20H2,1H3,(H,21,22)/t20-;17-/m00/s1. The van der Waals surface area contributed by atoms with Crippen LogP contribution in [0, 0.1) is 0 Å². The van der Waals surface area contributed by atoms with E-state index in [0.717, 1.165) is 104 Å². The average molecular weight is 879 g/mol. The van der Waals surface area contributed by atoms with Crippen molar-refractivity contribution in [1.29, 1.82) is 0 Å². The molecule has 0 unspecified atom stereocenters. The number of carbonyl (C=O) groups excluding carboxylic acids is 2. The molecule has 2 aliphatic heterocycles. The number of ether oxygens (including phenoxy) is 1. The summed E-state index contributed by atoms with van der Waals surface area (Å²) in [5, 5.41) is 19.0. The molecule has 0 saturated heterocycles. The van der Waals surface area contributed by atoms with Gasteiger partial charge in [-0.2, -0.15) is 0 Å². The van der Waals surface area contributed by atoms with Crippen LogP contribution in [0.5, 0.6) is 0 Å². The average Bonchev–Trinajstić information content (AvgIpc) is 3.89. The van der Waals surface area contributed by atoms with Gasteiger partial charge in [0.1, 0.15) is 23.7 Å². The second-order valence-corrected chi connectivity index (χ2v) is 17.8. The summed E-state index contributed by atoms with van der Waals surface area (Å²) in [5.41, 5.74) is 10.7. The zero-order valence-corrected chi connectivity index (χ0v) is 36.0. The Hall–Kier alpha value is -4.60. The first kappa shape index (κ1) is 44.0. The number of aryl methyl sites for hydroxylation is 6. The Morgan fingerprint density at radius 1 is 0.780 bits per heavy atom. The summed E-state index contributed by atoms with van der Waals surface area (Å²) in [6, 6.07) is 15.1. The molecule has 5 aromatic rings. The molecule has 0 spiro atoms. The number of carboxylic acids is 1. The number of thiophene rings is 2. The van der Waals surface area contributed by atoms with Gasteiger partial charge in [-0.05, 0) is 112 Å². The molecule has 0 saturated carbocycles. The van der Waals surface area contributed by atoms with Crippen LogP contribution in [0.3, 0.4) is 0 Å². The number of aromatic nitrogens is 3. The fourth-order valence-electron chi connectivity index (χ4n) is 6.95. The number of anilines is 2. The first-order valence-corrected chi connectivity index (χ1v) is 22.2. The van der Waals surface area contributed by atoms with E-state index >= 15 is 0 Å². The van der Waals surface area contributed by atoms with Gasteiger partial charge in [0.2, 0.25) is 0 Å². The molecule has 0 aliphatic carbocycles. The van der Waals surface area contributed by atoms with E-state index in [1.54, 1.807) is 22.7 Å². The van der Waals surface area contributed by atoms with Gasteiger partial charge < -0.3 is 31.5 Å². The maximum absolute atomic E-state index is 12.6. The van der Waals surface area contributed by atoms with Gasteiger partial charge in [-0.3, -0.25) is 14.6 Å². The van der Waals surface area contributed by atoms with Crippen molar-refractivity contribution >= 4 is 75.4 Å². The zero-order valence-electron chi connectivity index (χ0n) is 32.9. The Balaban J connectivity index is 0.000000208. The van der Waals surface area contributed by atoms with E-state index in [1.807, 2.05) is 12.1 Å². The number of methoxy groups -OCH3 is 1. The number of nitrogens with one attached hydrogen (secondary N) is 3. The van der Waals surface area contributed by atoms with Gasteiger partial charge in [0, 0.05) is 69.2 Å². The van der Waals surface area contributed by atoms with Crippen LogP contribution >= 0.6 is 45.9 Å². The summed E-state index contributed by atoms with van der Waals surface area (Å²) in [5.74, 6) is -0.0513. The van der Waals surface area contributed by atoms with Gasteiger partial charge in [0.15, 0.2) is 0 Å². The van der Waals surface area contributed by atoms with Crippen molar-refractivity contribution < 1.29 is 24.2 Å². The molecule has 59 heavy (non-hydrogen) atoms. The molecule has 2 aliphatic rings. The van der Waals surface area contributed by atoms with Crippen LogP contribution in [0.2, 0.25) is 10.0 Å². The van der Waals surface area contributed by atoms with E-state index in [0.29, 0.717) is 6.42 Å². The smallest absolute Gasteiger partial charge is 0.326 e. The fraction of sp³-hybridized carbons (Fsp3) is 0.395. The minimum atomic E-state index is -1.13. The molecule has 0 radical (unpaired) electrons. The van der Waals surface area contributed by atoms with Crippen LogP contribution in [-0.4, -0.2) is 70.2 Å². The highest BCUT2D eigenvalue weighted by atomic mass is 35.5. The lowest BCUT2D eigenvalue weighted by molar-refractivity contribution is -0.142. The number of rotatable bonds is 16. The largest absolute Gasteiger partial charge is 0.480 e. The third-order valence-corrected chi connectivity index (χ3v) is 13.0. The van der Waals surface area contributed by atoms with Crippen LogP contribution in [-0.2, 0) is 65.7 Å². The molecule has 2 atom stereocenters. The normalized spacial score (nSPS) is 14.0. The van der Waals surface area contributed by atoms with Gasteiger partial charge >= 0.3 is 11.9 Å². The quantitative estimate of drug-likeness (QED) is 0.0619. The molecule has 0 fully saturated rings. The van der Waals surface area contributed by atoms with Gasteiger partial charge in [0.05, 0.1) is 22.7 Å². The number of halogens is 2. The summed E-state index contributed by atoms with van der Waals surface area (Å²) in [4.78, 5) is 53.5. The van der Waals surface area contributed by atoms with Gasteiger partial charge in [0.25, 0.3) is 5.91 Å². The lowest BCUT2D eigenvalue weighted by atomic mass is 10.1. The molecule has 1 amide bonds. The minimum absolute atomic E-state index is 0.0161. The maximum Gasteiger partial charge on any atom is 0.326 e. The first-order valence-electron chi connectivity index (χ1n) is 19.8. The number of nitrogens with two attached hydrogens (primary N) is 1. The number of aliphatic carboxylic acids is 1. The number of carboxylic acid groups (broad SMARTS) is 1. The third-order valence-electron chi connectivity index (χ3n) is 10.1. The van der Waals surface area contributed by atoms with E-state index < -0.39 is 24.0 Å². The molecule has 7 rings (SSSR count). The predicted octanol–water partition coefficient (Wildman–Crippen LogP) is 7.52. The Labute approximate surface area is 362 Å². The van der Waals surface area contributed by atoms with Crippen LogP contribution in [0.1, 0.15) is 78.1 Å². The van der Waals surface area contributed by atoms with Gasteiger partial charge in [-0.1, -0.05) is 35.3 Å². The molecule has 12 nitrogen and oxygen atoms in total. The molecule has 7 heterocycles. The molecular weight excluding hydrogens is 830 g/mol. The molecule has 5 aromatic heterocycles. The number of pyridine rings is 3. The maximum atomic E-state index is 12.6. The Morgan fingerprint density at radius 3 is 1.80 bits per heavy atom. The molecule has 6 N–H and O–H groups in total. The van der Waals surface area contributed by atoms with E-state index in [4.69, 9.17) is 38.9 Å². The lowest BCUT2D eigenvalue weighted by Gasteiger charge is -2.17.